The number of hydrogen-bond donors (Lipinski definition) is 1. The second-order valence-electron chi connectivity index (χ2n) is 7.35. The minimum absolute atomic E-state index is 0.289. The SMILES string of the molecule is CCc1ccc(CC)c(CNC(=O)C(CC)N(c2cccc(C)c2)S(C)(=O)=O)c1. The third-order valence-corrected chi connectivity index (χ3v) is 6.28. The smallest absolute Gasteiger partial charge is 0.244 e. The fourth-order valence-corrected chi connectivity index (χ4v) is 4.74. The van der Waals surface area contributed by atoms with Crippen LogP contribution in [0, 0.1) is 6.92 Å². The van der Waals surface area contributed by atoms with Gasteiger partial charge in [-0.05, 0) is 60.6 Å². The number of carbonyl (C=O) groups excluding carboxylic acids is 1. The van der Waals surface area contributed by atoms with Crippen LogP contribution in [0.25, 0.3) is 0 Å². The molecule has 0 saturated carbocycles. The van der Waals surface area contributed by atoms with Gasteiger partial charge in [-0.25, -0.2) is 8.42 Å². The number of aryl methyl sites for hydroxylation is 3. The van der Waals surface area contributed by atoms with Crippen LogP contribution in [0.15, 0.2) is 42.5 Å². The first-order valence-electron chi connectivity index (χ1n) is 10.2. The number of anilines is 1. The molecule has 1 atom stereocenters. The van der Waals surface area contributed by atoms with Crippen molar-refractivity contribution in [2.45, 2.75) is 59.5 Å². The Hall–Kier alpha value is -2.34. The van der Waals surface area contributed by atoms with Gasteiger partial charge in [-0.15, -0.1) is 0 Å². The van der Waals surface area contributed by atoms with Crippen molar-refractivity contribution in [1.29, 1.82) is 0 Å². The second-order valence-corrected chi connectivity index (χ2v) is 9.21. The molecule has 0 bridgehead atoms. The van der Waals surface area contributed by atoms with Gasteiger partial charge in [-0.2, -0.15) is 0 Å². The summed E-state index contributed by atoms with van der Waals surface area (Å²) in [5.41, 5.74) is 4.94. The molecule has 0 aromatic heterocycles. The van der Waals surface area contributed by atoms with Crippen LogP contribution >= 0.6 is 0 Å². The number of nitrogens with one attached hydrogen (secondary N) is 1. The van der Waals surface area contributed by atoms with Crippen LogP contribution in [0.4, 0.5) is 5.69 Å². The van der Waals surface area contributed by atoms with Crippen LogP contribution in [-0.2, 0) is 34.2 Å². The Bertz CT molecular complexity index is 954. The zero-order chi connectivity index (χ0) is 21.6. The van der Waals surface area contributed by atoms with Crippen molar-refractivity contribution in [3.63, 3.8) is 0 Å². The second kappa shape index (κ2) is 9.92. The maximum Gasteiger partial charge on any atom is 0.244 e. The Morgan fingerprint density at radius 3 is 2.31 bits per heavy atom. The van der Waals surface area contributed by atoms with Crippen molar-refractivity contribution in [1.82, 2.24) is 5.32 Å². The molecule has 0 spiro atoms. The highest BCUT2D eigenvalue weighted by Crippen LogP contribution is 2.23. The molecular weight excluding hydrogens is 384 g/mol. The van der Waals surface area contributed by atoms with E-state index in [2.05, 4.69) is 37.4 Å². The monoisotopic (exact) mass is 416 g/mol. The number of benzene rings is 2. The van der Waals surface area contributed by atoms with Crippen LogP contribution in [0.5, 0.6) is 0 Å². The largest absolute Gasteiger partial charge is 0.350 e. The summed E-state index contributed by atoms with van der Waals surface area (Å²) in [5.74, 6) is -0.289. The van der Waals surface area contributed by atoms with Crippen LogP contribution in [0.2, 0.25) is 0 Å². The zero-order valence-corrected chi connectivity index (χ0v) is 18.8. The average molecular weight is 417 g/mol. The first-order valence-corrected chi connectivity index (χ1v) is 12.0. The summed E-state index contributed by atoms with van der Waals surface area (Å²) in [5, 5.41) is 2.97. The van der Waals surface area contributed by atoms with E-state index >= 15 is 0 Å². The van der Waals surface area contributed by atoms with E-state index in [-0.39, 0.29) is 5.91 Å². The lowest BCUT2D eigenvalue weighted by molar-refractivity contribution is -0.122. The fourth-order valence-electron chi connectivity index (χ4n) is 3.53. The highest BCUT2D eigenvalue weighted by molar-refractivity contribution is 7.92. The molecule has 5 nitrogen and oxygen atoms in total. The van der Waals surface area contributed by atoms with Crippen LogP contribution in [0.1, 0.15) is 49.4 Å². The van der Waals surface area contributed by atoms with Gasteiger partial charge in [0.25, 0.3) is 0 Å². The molecule has 158 valence electrons. The lowest BCUT2D eigenvalue weighted by Gasteiger charge is -2.30. The van der Waals surface area contributed by atoms with E-state index in [1.807, 2.05) is 19.9 Å². The Balaban J connectivity index is 2.29. The molecule has 0 aliphatic heterocycles. The van der Waals surface area contributed by atoms with E-state index in [9.17, 15) is 13.2 Å². The third-order valence-electron chi connectivity index (χ3n) is 5.10. The molecule has 0 heterocycles. The van der Waals surface area contributed by atoms with E-state index in [0.29, 0.717) is 18.7 Å². The number of amides is 1. The normalized spacial score (nSPS) is 12.4. The Kier molecular flexibility index (Phi) is 7.85. The molecule has 1 amide bonds. The molecule has 0 aliphatic rings. The predicted molar refractivity (Wildman–Crippen MR) is 120 cm³/mol. The van der Waals surface area contributed by atoms with Crippen LogP contribution in [0.3, 0.4) is 0 Å². The summed E-state index contributed by atoms with van der Waals surface area (Å²) in [7, 11) is -3.63. The molecule has 0 fully saturated rings. The summed E-state index contributed by atoms with van der Waals surface area (Å²) < 4.78 is 26.3. The van der Waals surface area contributed by atoms with Gasteiger partial charge in [-0.1, -0.05) is 51.1 Å². The lowest BCUT2D eigenvalue weighted by Crippen LogP contribution is -2.49. The van der Waals surface area contributed by atoms with E-state index in [0.717, 1.165) is 30.2 Å². The summed E-state index contributed by atoms with van der Waals surface area (Å²) >= 11 is 0. The molecule has 0 aliphatic carbocycles. The van der Waals surface area contributed by atoms with E-state index in [1.54, 1.807) is 18.2 Å². The number of nitrogens with zero attached hydrogens (tertiary/aromatic N) is 1. The fraction of sp³-hybridized carbons (Fsp3) is 0.435. The molecule has 0 radical (unpaired) electrons. The molecule has 2 aromatic carbocycles. The topological polar surface area (TPSA) is 66.5 Å². The van der Waals surface area contributed by atoms with E-state index in [1.165, 1.54) is 15.4 Å². The molecule has 2 rings (SSSR count). The minimum atomic E-state index is -3.63. The number of sulfonamides is 1. The Labute approximate surface area is 175 Å². The molecule has 6 heteroatoms. The van der Waals surface area contributed by atoms with E-state index < -0.39 is 16.1 Å². The zero-order valence-electron chi connectivity index (χ0n) is 18.0. The molecular formula is C23H32N2O3S. The minimum Gasteiger partial charge on any atom is -0.350 e. The average Bonchev–Trinajstić information content (AvgIpc) is 2.68. The lowest BCUT2D eigenvalue weighted by atomic mass is 10.0. The summed E-state index contributed by atoms with van der Waals surface area (Å²) in [6, 6.07) is 12.8. The summed E-state index contributed by atoms with van der Waals surface area (Å²) in [6.45, 7) is 8.30. The summed E-state index contributed by atoms with van der Waals surface area (Å²) in [6.07, 6.45) is 3.33. The number of hydrogen-bond acceptors (Lipinski definition) is 3. The van der Waals surface area contributed by atoms with Crippen molar-refractivity contribution in [3.05, 3.63) is 64.7 Å². The van der Waals surface area contributed by atoms with Gasteiger partial charge < -0.3 is 5.32 Å². The quantitative estimate of drug-likeness (QED) is 0.672. The number of carbonyl (C=O) groups is 1. The van der Waals surface area contributed by atoms with Crippen molar-refractivity contribution in [2.75, 3.05) is 10.6 Å². The predicted octanol–water partition coefficient (Wildman–Crippen LogP) is 3.98. The number of rotatable bonds is 9. The van der Waals surface area contributed by atoms with Gasteiger partial charge in [0.2, 0.25) is 15.9 Å². The molecule has 29 heavy (non-hydrogen) atoms. The van der Waals surface area contributed by atoms with Crippen molar-refractivity contribution < 1.29 is 13.2 Å². The van der Waals surface area contributed by atoms with Gasteiger partial charge in [0.05, 0.1) is 11.9 Å². The molecule has 2 aromatic rings. The van der Waals surface area contributed by atoms with Gasteiger partial charge >= 0.3 is 0 Å². The first-order chi connectivity index (χ1) is 13.7. The molecule has 0 saturated heterocycles. The standard InChI is InChI=1S/C23H32N2O3S/c1-6-18-12-13-19(7-2)20(15-18)16-24-23(26)22(8-3)25(29(5,27)28)21-11-9-10-17(4)14-21/h9-15,22H,6-8,16H2,1-5H3,(H,24,26). The maximum absolute atomic E-state index is 13.0. The van der Waals surface area contributed by atoms with Gasteiger partial charge in [-0.3, -0.25) is 9.10 Å². The molecule has 1 unspecified atom stereocenters. The van der Waals surface area contributed by atoms with Gasteiger partial charge in [0.15, 0.2) is 0 Å². The van der Waals surface area contributed by atoms with Crippen molar-refractivity contribution in [2.24, 2.45) is 0 Å². The van der Waals surface area contributed by atoms with E-state index in [4.69, 9.17) is 0 Å². The third kappa shape index (κ3) is 5.82. The Morgan fingerprint density at radius 2 is 1.76 bits per heavy atom. The van der Waals surface area contributed by atoms with Crippen molar-refractivity contribution >= 4 is 21.6 Å². The van der Waals surface area contributed by atoms with Crippen molar-refractivity contribution in [3.8, 4) is 0 Å². The van der Waals surface area contributed by atoms with Crippen LogP contribution in [-0.4, -0.2) is 26.6 Å². The maximum atomic E-state index is 13.0. The van der Waals surface area contributed by atoms with Gasteiger partial charge in [0, 0.05) is 6.54 Å². The highest BCUT2D eigenvalue weighted by atomic mass is 32.2. The first kappa shape index (κ1) is 22.9. The highest BCUT2D eigenvalue weighted by Gasteiger charge is 2.31. The Morgan fingerprint density at radius 1 is 1.03 bits per heavy atom. The summed E-state index contributed by atoms with van der Waals surface area (Å²) in [4.78, 5) is 13.0. The van der Waals surface area contributed by atoms with Crippen LogP contribution < -0.4 is 9.62 Å². The van der Waals surface area contributed by atoms with Gasteiger partial charge in [0.1, 0.15) is 6.04 Å². The molecule has 1 N–H and O–H groups in total.